The van der Waals surface area contributed by atoms with Gasteiger partial charge in [-0.05, 0) is 6.92 Å². The predicted octanol–water partition coefficient (Wildman–Crippen LogP) is 1.13. The van der Waals surface area contributed by atoms with Crippen molar-refractivity contribution in [2.24, 2.45) is 0 Å². The summed E-state index contributed by atoms with van der Waals surface area (Å²) in [5.41, 5.74) is 0.787. The molecular formula is C8H8N2OS. The van der Waals surface area contributed by atoms with E-state index in [1.165, 1.54) is 0 Å². The molecule has 1 aromatic rings. The van der Waals surface area contributed by atoms with Crippen LogP contribution in [0.5, 0.6) is 0 Å². The van der Waals surface area contributed by atoms with Crippen LogP contribution in [0.25, 0.3) is 6.20 Å². The first-order valence-electron chi connectivity index (χ1n) is 3.67. The van der Waals surface area contributed by atoms with Crippen LogP contribution in [0.4, 0.5) is 0 Å². The van der Waals surface area contributed by atoms with Crippen LogP contribution >= 0.6 is 11.8 Å². The topological polar surface area (TPSA) is 34.9 Å². The Labute approximate surface area is 74.1 Å². The first-order valence-corrected chi connectivity index (χ1v) is 4.65. The smallest absolute Gasteiger partial charge is 0.258 e. The molecule has 1 aromatic heterocycles. The summed E-state index contributed by atoms with van der Waals surface area (Å²) in [5.74, 6) is 0.899. The van der Waals surface area contributed by atoms with Crippen molar-refractivity contribution < 1.29 is 0 Å². The summed E-state index contributed by atoms with van der Waals surface area (Å²) in [7, 11) is 0. The van der Waals surface area contributed by atoms with Crippen LogP contribution in [0.1, 0.15) is 5.69 Å². The largest absolute Gasteiger partial charge is 0.269 e. The van der Waals surface area contributed by atoms with Gasteiger partial charge in [0.05, 0.1) is 0 Å². The second-order valence-corrected chi connectivity index (χ2v) is 3.57. The van der Waals surface area contributed by atoms with E-state index in [0.29, 0.717) is 0 Å². The number of hydrogen-bond acceptors (Lipinski definition) is 3. The van der Waals surface area contributed by atoms with Crippen LogP contribution in [0.2, 0.25) is 0 Å². The van der Waals surface area contributed by atoms with Gasteiger partial charge < -0.3 is 0 Å². The molecular weight excluding hydrogens is 172 g/mol. The second-order valence-electron chi connectivity index (χ2n) is 2.58. The summed E-state index contributed by atoms with van der Waals surface area (Å²) in [5, 5.41) is 0.794. The fourth-order valence-electron chi connectivity index (χ4n) is 1.09. The fraction of sp³-hybridized carbons (Fsp3) is 0.250. The van der Waals surface area contributed by atoms with Crippen molar-refractivity contribution in [3.05, 3.63) is 28.2 Å². The number of rotatable bonds is 0. The van der Waals surface area contributed by atoms with E-state index in [9.17, 15) is 4.79 Å². The van der Waals surface area contributed by atoms with Gasteiger partial charge >= 0.3 is 0 Å². The Hall–Kier alpha value is -1.03. The lowest BCUT2D eigenvalue weighted by atomic mass is 10.4. The van der Waals surface area contributed by atoms with Crippen LogP contribution in [0.3, 0.4) is 0 Å². The van der Waals surface area contributed by atoms with E-state index < -0.39 is 0 Å². The minimum atomic E-state index is 0.000880. The molecule has 2 heterocycles. The minimum Gasteiger partial charge on any atom is -0.269 e. The Morgan fingerprint density at radius 1 is 1.67 bits per heavy atom. The average molecular weight is 180 g/mol. The lowest BCUT2D eigenvalue weighted by Crippen LogP contribution is -2.19. The number of hydrogen-bond donors (Lipinski definition) is 0. The highest BCUT2D eigenvalue weighted by Gasteiger charge is 2.07. The van der Waals surface area contributed by atoms with Crippen molar-refractivity contribution in [2.45, 2.75) is 12.1 Å². The third-order valence-corrected chi connectivity index (χ3v) is 2.52. The third kappa shape index (κ3) is 1.18. The van der Waals surface area contributed by atoms with Gasteiger partial charge in [-0.3, -0.25) is 9.36 Å². The van der Waals surface area contributed by atoms with Gasteiger partial charge in [-0.15, -0.1) is 0 Å². The molecule has 2 rings (SSSR count). The van der Waals surface area contributed by atoms with Gasteiger partial charge in [0, 0.05) is 23.7 Å². The van der Waals surface area contributed by atoms with Crippen LogP contribution in [0, 0.1) is 6.92 Å². The standard InChI is InChI=1S/C8H8N2OS/c1-6-5-7(11)10-3-2-4-12-8(10)9-6/h2-3,5H,4H2,1H3. The Morgan fingerprint density at radius 3 is 3.33 bits per heavy atom. The maximum absolute atomic E-state index is 11.3. The zero-order valence-electron chi connectivity index (χ0n) is 6.65. The Kier molecular flexibility index (Phi) is 1.77. The SMILES string of the molecule is Cc1cc(=O)n2c(n1)SCC=C2. The van der Waals surface area contributed by atoms with Gasteiger partial charge in [0.15, 0.2) is 5.16 Å². The van der Waals surface area contributed by atoms with Crippen molar-refractivity contribution >= 4 is 18.0 Å². The highest BCUT2D eigenvalue weighted by Crippen LogP contribution is 2.18. The Morgan fingerprint density at radius 2 is 2.50 bits per heavy atom. The van der Waals surface area contributed by atoms with Gasteiger partial charge in [0.2, 0.25) is 0 Å². The van der Waals surface area contributed by atoms with Crippen molar-refractivity contribution in [2.75, 3.05) is 5.75 Å². The maximum Gasteiger partial charge on any atom is 0.258 e. The average Bonchev–Trinajstić information content (AvgIpc) is 2.04. The van der Waals surface area contributed by atoms with Gasteiger partial charge in [0.25, 0.3) is 5.56 Å². The molecule has 62 valence electrons. The molecule has 0 unspecified atom stereocenters. The number of nitrogens with zero attached hydrogens (tertiary/aromatic N) is 2. The van der Waals surface area contributed by atoms with Crippen LogP contribution in [-0.4, -0.2) is 15.3 Å². The molecule has 1 aliphatic heterocycles. The Balaban J connectivity index is 2.71. The molecule has 0 radical (unpaired) electrons. The highest BCUT2D eigenvalue weighted by atomic mass is 32.2. The van der Waals surface area contributed by atoms with Gasteiger partial charge in [-0.1, -0.05) is 17.8 Å². The molecule has 0 amide bonds. The predicted molar refractivity (Wildman–Crippen MR) is 49.3 cm³/mol. The number of thioether (sulfide) groups is 1. The molecule has 3 nitrogen and oxygen atoms in total. The van der Waals surface area contributed by atoms with Crippen molar-refractivity contribution in [3.63, 3.8) is 0 Å². The molecule has 0 fully saturated rings. The lowest BCUT2D eigenvalue weighted by molar-refractivity contribution is 0.810. The molecule has 0 N–H and O–H groups in total. The molecule has 0 bridgehead atoms. The van der Waals surface area contributed by atoms with E-state index in [1.54, 1.807) is 28.6 Å². The minimum absolute atomic E-state index is 0.000880. The summed E-state index contributed by atoms with van der Waals surface area (Å²) in [6, 6.07) is 1.54. The van der Waals surface area contributed by atoms with E-state index in [1.807, 2.05) is 13.0 Å². The fourth-order valence-corrected chi connectivity index (χ4v) is 1.92. The molecule has 0 spiro atoms. The molecule has 12 heavy (non-hydrogen) atoms. The monoisotopic (exact) mass is 180 g/mol. The summed E-state index contributed by atoms with van der Waals surface area (Å²) in [6.07, 6.45) is 3.73. The van der Waals surface area contributed by atoms with E-state index in [4.69, 9.17) is 0 Å². The zero-order chi connectivity index (χ0) is 8.55. The van der Waals surface area contributed by atoms with E-state index in [0.717, 1.165) is 16.6 Å². The first-order chi connectivity index (χ1) is 5.77. The zero-order valence-corrected chi connectivity index (χ0v) is 7.47. The number of fused-ring (bicyclic) bond motifs is 1. The highest BCUT2D eigenvalue weighted by molar-refractivity contribution is 7.99. The Bertz CT molecular complexity index is 395. The number of aromatic nitrogens is 2. The molecule has 0 saturated heterocycles. The molecule has 0 aromatic carbocycles. The summed E-state index contributed by atoms with van der Waals surface area (Å²) < 4.78 is 1.57. The normalized spacial score (nSPS) is 14.4. The quantitative estimate of drug-likeness (QED) is 0.561. The van der Waals surface area contributed by atoms with Gasteiger partial charge in [-0.2, -0.15) is 0 Å². The van der Waals surface area contributed by atoms with Crippen molar-refractivity contribution in [1.82, 2.24) is 9.55 Å². The van der Waals surface area contributed by atoms with Crippen LogP contribution < -0.4 is 5.56 Å². The summed E-state index contributed by atoms with van der Waals surface area (Å²) in [4.78, 5) is 15.6. The molecule has 0 saturated carbocycles. The van der Waals surface area contributed by atoms with Gasteiger partial charge in [0.1, 0.15) is 0 Å². The molecule has 0 atom stereocenters. The summed E-state index contributed by atoms with van der Waals surface area (Å²) in [6.45, 7) is 1.83. The second kappa shape index (κ2) is 2.79. The van der Waals surface area contributed by atoms with E-state index in [-0.39, 0.29) is 5.56 Å². The van der Waals surface area contributed by atoms with E-state index in [2.05, 4.69) is 4.98 Å². The number of aryl methyl sites for hydroxylation is 1. The van der Waals surface area contributed by atoms with Gasteiger partial charge in [-0.25, -0.2) is 4.98 Å². The van der Waals surface area contributed by atoms with Crippen molar-refractivity contribution in [3.8, 4) is 0 Å². The summed E-state index contributed by atoms with van der Waals surface area (Å²) >= 11 is 1.58. The lowest BCUT2D eigenvalue weighted by Gasteiger charge is -2.10. The molecule has 1 aliphatic rings. The van der Waals surface area contributed by atoms with Crippen LogP contribution in [-0.2, 0) is 0 Å². The molecule has 4 heteroatoms. The maximum atomic E-state index is 11.3. The first kappa shape index (κ1) is 7.61. The van der Waals surface area contributed by atoms with Crippen molar-refractivity contribution in [1.29, 1.82) is 0 Å². The third-order valence-electron chi connectivity index (χ3n) is 1.61. The van der Waals surface area contributed by atoms with Crippen LogP contribution in [0.15, 0.2) is 22.1 Å². The molecule has 0 aliphatic carbocycles. The van der Waals surface area contributed by atoms with E-state index >= 15 is 0 Å².